The van der Waals surface area contributed by atoms with Crippen molar-refractivity contribution in [1.29, 1.82) is 0 Å². The van der Waals surface area contributed by atoms with E-state index in [0.717, 1.165) is 11.6 Å². The number of ether oxygens (including phenoxy) is 1. The first kappa shape index (κ1) is 18.4. The Hall–Kier alpha value is -2.93. The lowest BCUT2D eigenvalue weighted by molar-refractivity contribution is -0.384. The molecule has 0 fully saturated rings. The van der Waals surface area contributed by atoms with Crippen molar-refractivity contribution < 1.29 is 19.2 Å². The molecule has 1 unspecified atom stereocenters. The van der Waals surface area contributed by atoms with Gasteiger partial charge in [-0.25, -0.2) is 4.79 Å². The lowest BCUT2D eigenvalue weighted by Gasteiger charge is -2.13. The second-order valence-electron chi connectivity index (χ2n) is 5.20. The van der Waals surface area contributed by atoms with Gasteiger partial charge in [0.05, 0.1) is 10.5 Å². The monoisotopic (exact) mass is 362 g/mol. The van der Waals surface area contributed by atoms with Crippen molar-refractivity contribution in [3.8, 4) is 0 Å². The Balaban J connectivity index is 1.91. The molecule has 130 valence electrons. The number of hydrogen-bond donors (Lipinski definition) is 1. The summed E-state index contributed by atoms with van der Waals surface area (Å²) in [5, 5.41) is 14.0. The zero-order valence-electron chi connectivity index (χ0n) is 13.3. The van der Waals surface area contributed by atoms with Crippen LogP contribution in [0.1, 0.15) is 22.8 Å². The molecule has 0 aliphatic heterocycles. The molecule has 0 aromatic heterocycles. The summed E-state index contributed by atoms with van der Waals surface area (Å²) in [7, 11) is 0. The van der Waals surface area contributed by atoms with Crippen LogP contribution in [-0.2, 0) is 16.1 Å². The van der Waals surface area contributed by atoms with E-state index in [1.807, 2.05) is 0 Å². The number of nitrogens with one attached hydrogen (secondary N) is 1. The molecule has 0 saturated carbocycles. The lowest BCUT2D eigenvalue weighted by Crippen LogP contribution is -2.35. The van der Waals surface area contributed by atoms with Crippen LogP contribution in [0.15, 0.2) is 48.5 Å². The highest BCUT2D eigenvalue weighted by atomic mass is 35.5. The first-order valence-corrected chi connectivity index (χ1v) is 7.72. The number of halogens is 1. The Kier molecular flexibility index (Phi) is 6.08. The Morgan fingerprint density at radius 1 is 1.24 bits per heavy atom. The molecular formula is C17H15ClN2O5. The zero-order chi connectivity index (χ0) is 18.4. The topological polar surface area (TPSA) is 98.5 Å². The number of esters is 1. The normalized spacial score (nSPS) is 11.4. The van der Waals surface area contributed by atoms with Gasteiger partial charge in [-0.3, -0.25) is 14.9 Å². The highest BCUT2D eigenvalue weighted by Gasteiger charge is 2.20. The molecule has 0 aliphatic carbocycles. The third-order valence-corrected chi connectivity index (χ3v) is 3.58. The molecule has 1 amide bonds. The standard InChI is InChI=1S/C17H15ClN2O5/c1-11(16(21)19-10-12-5-7-14(18)8-6-12)25-17(22)13-3-2-4-15(9-13)20(23)24/h2-9,11H,10H2,1H3,(H,19,21). The summed E-state index contributed by atoms with van der Waals surface area (Å²) in [6.45, 7) is 1.68. The van der Waals surface area contributed by atoms with Crippen LogP contribution in [0.3, 0.4) is 0 Å². The molecule has 0 aliphatic rings. The van der Waals surface area contributed by atoms with Crippen molar-refractivity contribution in [2.24, 2.45) is 0 Å². The van der Waals surface area contributed by atoms with Crippen LogP contribution in [0, 0.1) is 10.1 Å². The van der Waals surface area contributed by atoms with E-state index in [1.54, 1.807) is 24.3 Å². The van der Waals surface area contributed by atoms with Crippen LogP contribution in [0.5, 0.6) is 0 Å². The number of carbonyl (C=O) groups excluding carboxylic acids is 2. The number of benzene rings is 2. The van der Waals surface area contributed by atoms with E-state index in [9.17, 15) is 19.7 Å². The molecule has 2 aromatic carbocycles. The van der Waals surface area contributed by atoms with Crippen LogP contribution in [0.4, 0.5) is 5.69 Å². The van der Waals surface area contributed by atoms with Gasteiger partial charge >= 0.3 is 5.97 Å². The molecule has 7 nitrogen and oxygen atoms in total. The van der Waals surface area contributed by atoms with Crippen molar-refractivity contribution in [2.75, 3.05) is 0 Å². The predicted molar refractivity (Wildman–Crippen MR) is 91.3 cm³/mol. The molecule has 1 N–H and O–H groups in total. The number of nitro benzene ring substituents is 1. The second kappa shape index (κ2) is 8.25. The average molecular weight is 363 g/mol. The van der Waals surface area contributed by atoms with Crippen molar-refractivity contribution in [2.45, 2.75) is 19.6 Å². The number of nitrogens with zero attached hydrogens (tertiary/aromatic N) is 1. The van der Waals surface area contributed by atoms with Crippen LogP contribution < -0.4 is 5.32 Å². The fraction of sp³-hybridized carbons (Fsp3) is 0.176. The summed E-state index contributed by atoms with van der Waals surface area (Å²) in [4.78, 5) is 34.1. The van der Waals surface area contributed by atoms with E-state index < -0.39 is 22.9 Å². The highest BCUT2D eigenvalue weighted by Crippen LogP contribution is 2.14. The van der Waals surface area contributed by atoms with Crippen LogP contribution in [0.2, 0.25) is 5.02 Å². The van der Waals surface area contributed by atoms with Crippen molar-refractivity contribution in [3.05, 3.63) is 74.8 Å². The van der Waals surface area contributed by atoms with Crippen LogP contribution >= 0.6 is 11.6 Å². The summed E-state index contributed by atoms with van der Waals surface area (Å²) in [5.41, 5.74) is 0.621. The SMILES string of the molecule is CC(OC(=O)c1cccc([N+](=O)[O-])c1)C(=O)NCc1ccc(Cl)cc1. The minimum Gasteiger partial charge on any atom is -0.449 e. The molecule has 2 rings (SSSR count). The number of non-ortho nitro benzene ring substituents is 1. The molecule has 0 radical (unpaired) electrons. The maximum Gasteiger partial charge on any atom is 0.339 e. The average Bonchev–Trinajstić information content (AvgIpc) is 2.60. The largest absolute Gasteiger partial charge is 0.449 e. The number of nitro groups is 1. The van der Waals surface area contributed by atoms with Gasteiger partial charge in [-0.2, -0.15) is 0 Å². The van der Waals surface area contributed by atoms with Gasteiger partial charge in [0.15, 0.2) is 6.10 Å². The Bertz CT molecular complexity index is 792. The van der Waals surface area contributed by atoms with Crippen LogP contribution in [0.25, 0.3) is 0 Å². The fourth-order valence-corrected chi connectivity index (χ4v) is 2.09. The summed E-state index contributed by atoms with van der Waals surface area (Å²) >= 11 is 5.78. The first-order valence-electron chi connectivity index (χ1n) is 7.34. The van der Waals surface area contributed by atoms with Crippen molar-refractivity contribution in [3.63, 3.8) is 0 Å². The summed E-state index contributed by atoms with van der Waals surface area (Å²) < 4.78 is 5.05. The van der Waals surface area contributed by atoms with E-state index in [0.29, 0.717) is 5.02 Å². The molecule has 1 atom stereocenters. The van der Waals surface area contributed by atoms with E-state index in [4.69, 9.17) is 16.3 Å². The van der Waals surface area contributed by atoms with Gasteiger partial charge in [0.2, 0.25) is 0 Å². The minimum atomic E-state index is -1.04. The first-order chi connectivity index (χ1) is 11.9. The zero-order valence-corrected chi connectivity index (χ0v) is 14.0. The molecule has 8 heteroatoms. The third-order valence-electron chi connectivity index (χ3n) is 3.33. The molecule has 0 saturated heterocycles. The molecule has 0 spiro atoms. The Morgan fingerprint density at radius 3 is 2.56 bits per heavy atom. The maximum atomic E-state index is 12.0. The fourth-order valence-electron chi connectivity index (χ4n) is 1.96. The smallest absolute Gasteiger partial charge is 0.339 e. The van der Waals surface area contributed by atoms with E-state index in [-0.39, 0.29) is 17.8 Å². The Labute approximate surface area is 148 Å². The second-order valence-corrected chi connectivity index (χ2v) is 5.64. The van der Waals surface area contributed by atoms with Gasteiger partial charge in [-0.15, -0.1) is 0 Å². The van der Waals surface area contributed by atoms with Gasteiger partial charge in [0, 0.05) is 23.7 Å². The van der Waals surface area contributed by atoms with Gasteiger partial charge in [0.25, 0.3) is 11.6 Å². The van der Waals surface area contributed by atoms with Crippen molar-refractivity contribution in [1.82, 2.24) is 5.32 Å². The minimum absolute atomic E-state index is 0.00607. The van der Waals surface area contributed by atoms with Gasteiger partial charge in [-0.1, -0.05) is 29.8 Å². The predicted octanol–water partition coefficient (Wildman–Crippen LogP) is 3.11. The van der Waals surface area contributed by atoms with E-state index in [2.05, 4.69) is 5.32 Å². The van der Waals surface area contributed by atoms with Crippen molar-refractivity contribution >= 4 is 29.2 Å². The lowest BCUT2D eigenvalue weighted by atomic mass is 10.2. The molecule has 0 heterocycles. The van der Waals surface area contributed by atoms with Crippen LogP contribution in [-0.4, -0.2) is 22.9 Å². The highest BCUT2D eigenvalue weighted by molar-refractivity contribution is 6.30. The van der Waals surface area contributed by atoms with E-state index in [1.165, 1.54) is 25.1 Å². The number of hydrogen-bond acceptors (Lipinski definition) is 5. The molecule has 0 bridgehead atoms. The molecule has 2 aromatic rings. The number of amides is 1. The number of carbonyl (C=O) groups is 2. The number of rotatable bonds is 6. The Morgan fingerprint density at radius 2 is 1.92 bits per heavy atom. The maximum absolute atomic E-state index is 12.0. The summed E-state index contributed by atoms with van der Waals surface area (Å²) in [6, 6.07) is 12.1. The molecular weight excluding hydrogens is 348 g/mol. The quantitative estimate of drug-likeness (QED) is 0.483. The molecule has 25 heavy (non-hydrogen) atoms. The third kappa shape index (κ3) is 5.29. The van der Waals surface area contributed by atoms with Gasteiger partial charge < -0.3 is 10.1 Å². The summed E-state index contributed by atoms with van der Waals surface area (Å²) in [5.74, 6) is -1.29. The van der Waals surface area contributed by atoms with Gasteiger partial charge in [0.1, 0.15) is 0 Å². The van der Waals surface area contributed by atoms with E-state index >= 15 is 0 Å². The van der Waals surface area contributed by atoms with Gasteiger partial charge in [-0.05, 0) is 30.7 Å². The summed E-state index contributed by atoms with van der Waals surface area (Å²) in [6.07, 6.45) is -1.04.